The highest BCUT2D eigenvalue weighted by Gasteiger charge is 2.16. The Morgan fingerprint density at radius 1 is 1.50 bits per heavy atom. The fourth-order valence-electron chi connectivity index (χ4n) is 1.34. The molecule has 0 aliphatic carbocycles. The monoisotopic (exact) mass is 213 g/mol. The molecule has 0 bridgehead atoms. The average Bonchev–Trinajstić information content (AvgIpc) is 2.56. The summed E-state index contributed by atoms with van der Waals surface area (Å²) < 4.78 is 5.59. The van der Waals surface area contributed by atoms with Crippen LogP contribution in [0.3, 0.4) is 0 Å². The normalized spacial score (nSPS) is 11.9. The Kier molecular flexibility index (Phi) is 4.58. The molecule has 1 N–H and O–H groups in total. The van der Waals surface area contributed by atoms with Crippen LogP contribution in [-0.4, -0.2) is 18.8 Å². The van der Waals surface area contributed by atoms with E-state index in [0.717, 1.165) is 19.7 Å². The van der Waals surface area contributed by atoms with Gasteiger partial charge in [0, 0.05) is 19.7 Å². The second kappa shape index (κ2) is 5.49. The molecular formula is C11H19NOS. The summed E-state index contributed by atoms with van der Waals surface area (Å²) in [6.45, 7) is 8.83. The van der Waals surface area contributed by atoms with Gasteiger partial charge in [0.05, 0.1) is 5.60 Å². The molecule has 0 fully saturated rings. The van der Waals surface area contributed by atoms with E-state index in [1.54, 1.807) is 11.3 Å². The number of rotatable bonds is 6. The van der Waals surface area contributed by atoms with Crippen molar-refractivity contribution in [3.8, 4) is 0 Å². The van der Waals surface area contributed by atoms with E-state index in [-0.39, 0.29) is 5.60 Å². The zero-order valence-corrected chi connectivity index (χ0v) is 9.99. The molecule has 0 aliphatic heterocycles. The van der Waals surface area contributed by atoms with Crippen molar-refractivity contribution >= 4 is 11.3 Å². The lowest BCUT2D eigenvalue weighted by Gasteiger charge is -2.24. The lowest BCUT2D eigenvalue weighted by Crippen LogP contribution is -2.37. The topological polar surface area (TPSA) is 21.3 Å². The first kappa shape index (κ1) is 11.7. The first-order valence-electron chi connectivity index (χ1n) is 5.00. The molecule has 80 valence electrons. The zero-order valence-electron chi connectivity index (χ0n) is 9.17. The minimum atomic E-state index is -0.0647. The van der Waals surface area contributed by atoms with Crippen LogP contribution in [0.2, 0.25) is 0 Å². The van der Waals surface area contributed by atoms with Gasteiger partial charge in [-0.15, -0.1) is 0 Å². The van der Waals surface area contributed by atoms with E-state index in [9.17, 15) is 0 Å². The summed E-state index contributed by atoms with van der Waals surface area (Å²) in [5, 5.41) is 7.66. The molecule has 1 aromatic rings. The molecule has 0 saturated heterocycles. The summed E-state index contributed by atoms with van der Waals surface area (Å²) in [5.74, 6) is 0. The van der Waals surface area contributed by atoms with Gasteiger partial charge in [0.1, 0.15) is 0 Å². The van der Waals surface area contributed by atoms with Gasteiger partial charge < -0.3 is 10.1 Å². The first-order chi connectivity index (χ1) is 6.64. The molecule has 0 saturated carbocycles. The molecule has 2 nitrogen and oxygen atoms in total. The maximum absolute atomic E-state index is 5.59. The lowest BCUT2D eigenvalue weighted by molar-refractivity contribution is -0.00896. The van der Waals surface area contributed by atoms with Gasteiger partial charge in [0.2, 0.25) is 0 Å². The summed E-state index contributed by atoms with van der Waals surface area (Å²) in [4.78, 5) is 0. The molecule has 0 unspecified atom stereocenters. The standard InChI is InChI=1S/C11H19NOS/c1-4-13-11(2,3)9-12-7-10-5-6-14-8-10/h5-6,8,12H,4,7,9H2,1-3H3. The zero-order chi connectivity index (χ0) is 10.4. The Morgan fingerprint density at radius 2 is 2.29 bits per heavy atom. The highest BCUT2D eigenvalue weighted by Crippen LogP contribution is 2.09. The fourth-order valence-corrected chi connectivity index (χ4v) is 2.01. The molecule has 0 radical (unpaired) electrons. The second-order valence-electron chi connectivity index (χ2n) is 3.93. The third kappa shape index (κ3) is 4.22. The Balaban J connectivity index is 2.20. The van der Waals surface area contributed by atoms with Crippen LogP contribution in [0.1, 0.15) is 26.3 Å². The number of hydrogen-bond acceptors (Lipinski definition) is 3. The van der Waals surface area contributed by atoms with Crippen LogP contribution in [0.15, 0.2) is 16.8 Å². The van der Waals surface area contributed by atoms with Crippen molar-refractivity contribution in [1.82, 2.24) is 5.32 Å². The van der Waals surface area contributed by atoms with Crippen molar-refractivity contribution < 1.29 is 4.74 Å². The van der Waals surface area contributed by atoms with Gasteiger partial charge in [-0.25, -0.2) is 0 Å². The van der Waals surface area contributed by atoms with Crippen LogP contribution in [0.5, 0.6) is 0 Å². The molecule has 14 heavy (non-hydrogen) atoms. The van der Waals surface area contributed by atoms with Gasteiger partial charge in [0.15, 0.2) is 0 Å². The van der Waals surface area contributed by atoms with Gasteiger partial charge in [-0.3, -0.25) is 0 Å². The largest absolute Gasteiger partial charge is 0.375 e. The smallest absolute Gasteiger partial charge is 0.0750 e. The van der Waals surface area contributed by atoms with Crippen molar-refractivity contribution in [2.24, 2.45) is 0 Å². The Bertz CT molecular complexity index is 244. The van der Waals surface area contributed by atoms with E-state index < -0.39 is 0 Å². The Hall–Kier alpha value is -0.380. The summed E-state index contributed by atoms with van der Waals surface area (Å²) in [7, 11) is 0. The molecule has 0 spiro atoms. The van der Waals surface area contributed by atoms with Crippen molar-refractivity contribution in [3.63, 3.8) is 0 Å². The third-order valence-electron chi connectivity index (χ3n) is 2.00. The SMILES string of the molecule is CCOC(C)(C)CNCc1ccsc1. The van der Waals surface area contributed by atoms with Crippen molar-refractivity contribution in [2.45, 2.75) is 32.9 Å². The fraction of sp³-hybridized carbons (Fsp3) is 0.636. The van der Waals surface area contributed by atoms with Crippen LogP contribution in [0.4, 0.5) is 0 Å². The highest BCUT2D eigenvalue weighted by atomic mass is 32.1. The summed E-state index contributed by atoms with van der Waals surface area (Å²) in [6, 6.07) is 2.14. The number of nitrogens with one attached hydrogen (secondary N) is 1. The predicted molar refractivity (Wildman–Crippen MR) is 61.7 cm³/mol. The highest BCUT2D eigenvalue weighted by molar-refractivity contribution is 7.07. The second-order valence-corrected chi connectivity index (χ2v) is 4.71. The van der Waals surface area contributed by atoms with E-state index in [1.165, 1.54) is 5.56 Å². The molecule has 0 atom stereocenters. The van der Waals surface area contributed by atoms with Gasteiger partial charge in [0.25, 0.3) is 0 Å². The predicted octanol–water partition coefficient (Wildman–Crippen LogP) is 2.65. The van der Waals surface area contributed by atoms with Crippen molar-refractivity contribution in [2.75, 3.05) is 13.2 Å². The lowest BCUT2D eigenvalue weighted by atomic mass is 10.1. The molecule has 0 amide bonds. The minimum Gasteiger partial charge on any atom is -0.375 e. The van der Waals surface area contributed by atoms with Crippen LogP contribution in [-0.2, 0) is 11.3 Å². The molecule has 3 heteroatoms. The Morgan fingerprint density at radius 3 is 2.86 bits per heavy atom. The van der Waals surface area contributed by atoms with Gasteiger partial charge in [-0.1, -0.05) is 0 Å². The van der Waals surface area contributed by atoms with Gasteiger partial charge >= 0.3 is 0 Å². The van der Waals surface area contributed by atoms with E-state index >= 15 is 0 Å². The first-order valence-corrected chi connectivity index (χ1v) is 5.94. The number of hydrogen-bond donors (Lipinski definition) is 1. The van der Waals surface area contributed by atoms with E-state index in [4.69, 9.17) is 4.74 Å². The molecule has 1 heterocycles. The third-order valence-corrected chi connectivity index (χ3v) is 2.73. The van der Waals surface area contributed by atoms with Crippen LogP contribution < -0.4 is 5.32 Å². The summed E-state index contributed by atoms with van der Waals surface area (Å²) in [6.07, 6.45) is 0. The van der Waals surface area contributed by atoms with Crippen LogP contribution in [0, 0.1) is 0 Å². The van der Waals surface area contributed by atoms with Crippen LogP contribution in [0.25, 0.3) is 0 Å². The Labute approximate surface area is 90.3 Å². The summed E-state index contributed by atoms with van der Waals surface area (Å²) in [5.41, 5.74) is 1.28. The maximum atomic E-state index is 5.59. The van der Waals surface area contributed by atoms with E-state index in [1.807, 2.05) is 6.92 Å². The maximum Gasteiger partial charge on any atom is 0.0750 e. The quantitative estimate of drug-likeness (QED) is 0.784. The van der Waals surface area contributed by atoms with Crippen molar-refractivity contribution in [1.29, 1.82) is 0 Å². The molecule has 0 aliphatic rings. The molecular weight excluding hydrogens is 194 g/mol. The van der Waals surface area contributed by atoms with Crippen LogP contribution >= 0.6 is 11.3 Å². The molecule has 0 aromatic carbocycles. The number of thiophene rings is 1. The van der Waals surface area contributed by atoms with E-state index in [0.29, 0.717) is 0 Å². The van der Waals surface area contributed by atoms with Gasteiger partial charge in [-0.2, -0.15) is 11.3 Å². The minimum absolute atomic E-state index is 0.0647. The van der Waals surface area contributed by atoms with Crippen molar-refractivity contribution in [3.05, 3.63) is 22.4 Å². The summed E-state index contributed by atoms with van der Waals surface area (Å²) >= 11 is 1.74. The van der Waals surface area contributed by atoms with Gasteiger partial charge in [-0.05, 0) is 43.2 Å². The molecule has 1 rings (SSSR count). The average molecular weight is 213 g/mol. The number of ether oxygens (including phenoxy) is 1. The van der Waals surface area contributed by atoms with E-state index in [2.05, 4.69) is 36.0 Å². The molecule has 1 aromatic heterocycles.